The fourth-order valence-electron chi connectivity index (χ4n) is 2.23. The molecule has 0 aromatic carbocycles. The Morgan fingerprint density at radius 2 is 1.83 bits per heavy atom. The smallest absolute Gasteiger partial charge is 0.236 e. The van der Waals surface area contributed by atoms with Crippen molar-refractivity contribution in [2.45, 2.75) is 45.7 Å². The van der Waals surface area contributed by atoms with Crippen LogP contribution in [0.25, 0.3) is 0 Å². The van der Waals surface area contributed by atoms with Crippen LogP contribution in [0.5, 0.6) is 0 Å². The van der Waals surface area contributed by atoms with Gasteiger partial charge in [0.25, 0.3) is 0 Å². The number of likely N-dealkylation sites (tertiary alicyclic amines) is 1. The molecule has 1 heterocycles. The Morgan fingerprint density at radius 3 is 2.22 bits per heavy atom. The number of likely N-dealkylation sites (N-methyl/N-ethyl adjacent to an activating group) is 1. The minimum absolute atomic E-state index is 0. The number of piperidine rings is 1. The Labute approximate surface area is 117 Å². The van der Waals surface area contributed by atoms with Gasteiger partial charge in [0, 0.05) is 19.1 Å². The zero-order valence-electron chi connectivity index (χ0n) is 12.1. The molecule has 108 valence electrons. The summed E-state index contributed by atoms with van der Waals surface area (Å²) in [5.41, 5.74) is 5.91. The second-order valence-corrected chi connectivity index (χ2v) is 5.57. The fourth-order valence-corrected chi connectivity index (χ4v) is 2.23. The van der Waals surface area contributed by atoms with Gasteiger partial charge >= 0.3 is 0 Å². The van der Waals surface area contributed by atoms with E-state index in [9.17, 15) is 4.79 Å². The molecule has 18 heavy (non-hydrogen) atoms. The molecule has 1 saturated heterocycles. The van der Waals surface area contributed by atoms with Gasteiger partial charge in [0.05, 0.1) is 6.54 Å². The SMILES string of the molecule is CC(N)C1CCN(CC(=O)N(C)C(C)C)CC1.Cl. The molecule has 2 N–H and O–H groups in total. The van der Waals surface area contributed by atoms with Crippen molar-refractivity contribution in [2.24, 2.45) is 11.7 Å². The zero-order valence-corrected chi connectivity index (χ0v) is 12.9. The van der Waals surface area contributed by atoms with Crippen LogP contribution in [-0.4, -0.2) is 54.5 Å². The van der Waals surface area contributed by atoms with E-state index in [1.807, 2.05) is 25.8 Å². The second kappa shape index (κ2) is 7.97. The lowest BCUT2D eigenvalue weighted by Crippen LogP contribution is -2.45. The molecule has 1 fully saturated rings. The number of nitrogens with two attached hydrogens (primary N) is 1. The summed E-state index contributed by atoms with van der Waals surface area (Å²) < 4.78 is 0. The maximum atomic E-state index is 11.9. The van der Waals surface area contributed by atoms with Crippen LogP contribution in [0, 0.1) is 5.92 Å². The summed E-state index contributed by atoms with van der Waals surface area (Å²) in [5, 5.41) is 0. The van der Waals surface area contributed by atoms with Crippen molar-refractivity contribution in [1.29, 1.82) is 0 Å². The Morgan fingerprint density at radius 1 is 1.33 bits per heavy atom. The van der Waals surface area contributed by atoms with Crippen LogP contribution in [0.3, 0.4) is 0 Å². The van der Waals surface area contributed by atoms with E-state index in [1.54, 1.807) is 0 Å². The summed E-state index contributed by atoms with van der Waals surface area (Å²) in [6.45, 7) is 8.73. The van der Waals surface area contributed by atoms with E-state index >= 15 is 0 Å². The molecule has 0 aromatic rings. The van der Waals surface area contributed by atoms with Gasteiger partial charge in [-0.15, -0.1) is 12.4 Å². The summed E-state index contributed by atoms with van der Waals surface area (Å²) in [6.07, 6.45) is 2.24. The predicted molar refractivity (Wildman–Crippen MR) is 78.0 cm³/mol. The van der Waals surface area contributed by atoms with E-state index in [1.165, 1.54) is 0 Å². The van der Waals surface area contributed by atoms with Crippen LogP contribution in [0.1, 0.15) is 33.6 Å². The highest BCUT2D eigenvalue weighted by molar-refractivity contribution is 5.85. The molecule has 0 bridgehead atoms. The molecule has 5 heteroatoms. The first kappa shape index (κ1) is 17.7. The van der Waals surface area contributed by atoms with Gasteiger partial charge in [-0.05, 0) is 52.6 Å². The topological polar surface area (TPSA) is 49.6 Å². The van der Waals surface area contributed by atoms with Crippen molar-refractivity contribution in [2.75, 3.05) is 26.7 Å². The number of halogens is 1. The highest BCUT2D eigenvalue weighted by Gasteiger charge is 2.24. The molecular weight excluding hydrogens is 250 g/mol. The predicted octanol–water partition coefficient (Wildman–Crippen LogP) is 1.33. The average molecular weight is 278 g/mol. The van der Waals surface area contributed by atoms with Crippen molar-refractivity contribution in [1.82, 2.24) is 9.80 Å². The molecular formula is C13H28ClN3O. The first-order valence-corrected chi connectivity index (χ1v) is 6.65. The summed E-state index contributed by atoms with van der Waals surface area (Å²) >= 11 is 0. The van der Waals surface area contributed by atoms with E-state index in [-0.39, 0.29) is 30.4 Å². The molecule has 0 radical (unpaired) electrons. The van der Waals surface area contributed by atoms with Crippen molar-refractivity contribution in [3.63, 3.8) is 0 Å². The number of amides is 1. The zero-order chi connectivity index (χ0) is 13.0. The minimum Gasteiger partial charge on any atom is -0.342 e. The number of carbonyl (C=O) groups excluding carboxylic acids is 1. The first-order chi connectivity index (χ1) is 7.91. The lowest BCUT2D eigenvalue weighted by molar-refractivity contribution is -0.132. The lowest BCUT2D eigenvalue weighted by Gasteiger charge is -2.34. The molecule has 1 unspecified atom stereocenters. The van der Waals surface area contributed by atoms with Crippen molar-refractivity contribution >= 4 is 18.3 Å². The van der Waals surface area contributed by atoms with Crippen LogP contribution in [0.4, 0.5) is 0 Å². The number of rotatable bonds is 4. The van der Waals surface area contributed by atoms with Gasteiger partial charge in [0.1, 0.15) is 0 Å². The molecule has 0 aliphatic carbocycles. The first-order valence-electron chi connectivity index (χ1n) is 6.65. The second-order valence-electron chi connectivity index (χ2n) is 5.57. The molecule has 1 atom stereocenters. The third-order valence-electron chi connectivity index (χ3n) is 3.90. The molecule has 1 aliphatic rings. The van der Waals surface area contributed by atoms with Crippen LogP contribution < -0.4 is 5.73 Å². The van der Waals surface area contributed by atoms with Crippen molar-refractivity contribution < 1.29 is 4.79 Å². The highest BCUT2D eigenvalue weighted by atomic mass is 35.5. The van der Waals surface area contributed by atoms with Crippen molar-refractivity contribution in [3.8, 4) is 0 Å². The summed E-state index contributed by atoms with van der Waals surface area (Å²) in [4.78, 5) is 16.0. The highest BCUT2D eigenvalue weighted by Crippen LogP contribution is 2.19. The van der Waals surface area contributed by atoms with Crippen LogP contribution in [-0.2, 0) is 4.79 Å². The Bertz CT molecular complexity index is 251. The van der Waals surface area contributed by atoms with Crippen LogP contribution in [0.2, 0.25) is 0 Å². The molecule has 0 spiro atoms. The molecule has 1 rings (SSSR count). The molecule has 1 amide bonds. The quantitative estimate of drug-likeness (QED) is 0.844. The Hall–Kier alpha value is -0.320. The normalized spacial score (nSPS) is 19.4. The van der Waals surface area contributed by atoms with Gasteiger partial charge in [-0.1, -0.05) is 0 Å². The summed E-state index contributed by atoms with van der Waals surface area (Å²) in [5.74, 6) is 0.850. The van der Waals surface area contributed by atoms with Gasteiger partial charge < -0.3 is 10.6 Å². The third-order valence-corrected chi connectivity index (χ3v) is 3.90. The average Bonchev–Trinajstić information content (AvgIpc) is 2.28. The maximum Gasteiger partial charge on any atom is 0.236 e. The summed E-state index contributed by atoms with van der Waals surface area (Å²) in [6, 6.07) is 0.565. The molecule has 4 nitrogen and oxygen atoms in total. The van der Waals surface area contributed by atoms with E-state index in [0.717, 1.165) is 25.9 Å². The van der Waals surface area contributed by atoms with Crippen LogP contribution in [0.15, 0.2) is 0 Å². The van der Waals surface area contributed by atoms with Gasteiger partial charge in [-0.2, -0.15) is 0 Å². The number of hydrogen-bond donors (Lipinski definition) is 1. The third kappa shape index (κ3) is 5.12. The van der Waals surface area contributed by atoms with Gasteiger partial charge in [0.2, 0.25) is 5.91 Å². The summed E-state index contributed by atoms with van der Waals surface area (Å²) in [7, 11) is 1.88. The maximum absolute atomic E-state index is 11.9. The number of hydrogen-bond acceptors (Lipinski definition) is 3. The van der Waals surface area contributed by atoms with E-state index in [4.69, 9.17) is 5.73 Å². The standard InChI is InChI=1S/C13H27N3O.ClH/c1-10(2)15(4)13(17)9-16-7-5-12(6-8-16)11(3)14;/h10-12H,5-9,14H2,1-4H3;1H. The van der Waals surface area contributed by atoms with E-state index in [2.05, 4.69) is 11.8 Å². The fraction of sp³-hybridized carbons (Fsp3) is 0.923. The van der Waals surface area contributed by atoms with Crippen LogP contribution >= 0.6 is 12.4 Å². The monoisotopic (exact) mass is 277 g/mol. The molecule has 0 aromatic heterocycles. The van der Waals surface area contributed by atoms with E-state index < -0.39 is 0 Å². The Kier molecular flexibility index (Phi) is 7.83. The Balaban J connectivity index is 0.00000289. The van der Waals surface area contributed by atoms with E-state index in [0.29, 0.717) is 12.5 Å². The van der Waals surface area contributed by atoms with Gasteiger partial charge in [-0.3, -0.25) is 9.69 Å². The van der Waals surface area contributed by atoms with Crippen molar-refractivity contribution in [3.05, 3.63) is 0 Å². The minimum atomic E-state index is 0. The molecule has 0 saturated carbocycles. The number of carbonyl (C=O) groups is 1. The number of nitrogens with zero attached hydrogens (tertiary/aromatic N) is 2. The van der Waals surface area contributed by atoms with Gasteiger partial charge in [0.15, 0.2) is 0 Å². The lowest BCUT2D eigenvalue weighted by atomic mass is 9.91. The van der Waals surface area contributed by atoms with Gasteiger partial charge in [-0.25, -0.2) is 0 Å². The molecule has 1 aliphatic heterocycles. The largest absolute Gasteiger partial charge is 0.342 e.